The quantitative estimate of drug-likeness (QED) is 0.652. The molecule has 1 heterocycles. The lowest BCUT2D eigenvalue weighted by molar-refractivity contribution is 0.483. The van der Waals surface area contributed by atoms with Crippen LogP contribution in [0.2, 0.25) is 0 Å². The Bertz CT molecular complexity index is 554. The molecule has 0 aliphatic rings. The van der Waals surface area contributed by atoms with E-state index in [1.807, 2.05) is 12.1 Å². The maximum atomic E-state index is 13.6. The Morgan fingerprint density at radius 3 is 2.68 bits per heavy atom. The summed E-state index contributed by atoms with van der Waals surface area (Å²) in [4.78, 5) is 2.28. The van der Waals surface area contributed by atoms with Crippen molar-refractivity contribution in [1.82, 2.24) is 5.43 Å². The maximum absolute atomic E-state index is 13.6. The second-order valence-electron chi connectivity index (χ2n) is 4.29. The van der Waals surface area contributed by atoms with Crippen molar-refractivity contribution in [3.8, 4) is 0 Å². The van der Waals surface area contributed by atoms with Gasteiger partial charge in [0.2, 0.25) is 0 Å². The molecular weight excluding hydrogens is 266 g/mol. The minimum atomic E-state index is -0.825. The van der Waals surface area contributed by atoms with Crippen LogP contribution < -0.4 is 11.3 Å². The van der Waals surface area contributed by atoms with Crippen molar-refractivity contribution in [2.75, 3.05) is 0 Å². The zero-order chi connectivity index (χ0) is 13.8. The van der Waals surface area contributed by atoms with Crippen molar-refractivity contribution < 1.29 is 8.78 Å². The second kappa shape index (κ2) is 6.23. The number of aryl methyl sites for hydroxylation is 1. The number of hydrogen-bond donors (Lipinski definition) is 2. The minimum absolute atomic E-state index is 0.207. The molecule has 0 bridgehead atoms. The van der Waals surface area contributed by atoms with Gasteiger partial charge in [-0.2, -0.15) is 0 Å². The van der Waals surface area contributed by atoms with Crippen molar-refractivity contribution in [2.45, 2.75) is 25.8 Å². The van der Waals surface area contributed by atoms with E-state index >= 15 is 0 Å². The van der Waals surface area contributed by atoms with Crippen LogP contribution in [0.3, 0.4) is 0 Å². The summed E-state index contributed by atoms with van der Waals surface area (Å²) in [7, 11) is 0. The summed E-state index contributed by atoms with van der Waals surface area (Å²) in [6.45, 7) is 2.08. The molecule has 3 N–H and O–H groups in total. The van der Waals surface area contributed by atoms with Gasteiger partial charge in [0.25, 0.3) is 0 Å². The zero-order valence-electron chi connectivity index (χ0n) is 10.6. The van der Waals surface area contributed by atoms with E-state index in [2.05, 4.69) is 12.3 Å². The van der Waals surface area contributed by atoms with Crippen LogP contribution in [0.25, 0.3) is 0 Å². The van der Waals surface area contributed by atoms with Crippen molar-refractivity contribution in [2.24, 2.45) is 5.84 Å². The van der Waals surface area contributed by atoms with Crippen LogP contribution in [0.5, 0.6) is 0 Å². The van der Waals surface area contributed by atoms with Crippen molar-refractivity contribution >= 4 is 11.3 Å². The topological polar surface area (TPSA) is 38.0 Å². The number of rotatable bonds is 5. The van der Waals surface area contributed by atoms with Crippen LogP contribution in [0.15, 0.2) is 30.3 Å². The minimum Gasteiger partial charge on any atom is -0.271 e. The SMILES string of the molecule is CCc1ccc(C(Cc2cccc(F)c2F)NN)s1. The molecule has 0 saturated carbocycles. The molecule has 1 aromatic heterocycles. The fraction of sp³-hybridized carbons (Fsp3) is 0.286. The van der Waals surface area contributed by atoms with Gasteiger partial charge in [0.1, 0.15) is 0 Å². The molecule has 1 aromatic carbocycles. The van der Waals surface area contributed by atoms with Gasteiger partial charge in [-0.1, -0.05) is 19.1 Å². The van der Waals surface area contributed by atoms with Gasteiger partial charge in [0, 0.05) is 9.75 Å². The average molecular weight is 282 g/mol. The van der Waals surface area contributed by atoms with Crippen LogP contribution in [-0.2, 0) is 12.8 Å². The molecule has 5 heteroatoms. The number of benzene rings is 1. The Morgan fingerprint density at radius 1 is 1.26 bits per heavy atom. The molecule has 0 spiro atoms. The van der Waals surface area contributed by atoms with E-state index in [4.69, 9.17) is 5.84 Å². The monoisotopic (exact) mass is 282 g/mol. The molecule has 0 aliphatic heterocycles. The van der Waals surface area contributed by atoms with E-state index in [1.54, 1.807) is 17.4 Å². The highest BCUT2D eigenvalue weighted by Gasteiger charge is 2.16. The Hall–Kier alpha value is -1.30. The van der Waals surface area contributed by atoms with Crippen molar-refractivity contribution in [3.05, 3.63) is 57.3 Å². The van der Waals surface area contributed by atoms with Crippen LogP contribution in [0, 0.1) is 11.6 Å². The average Bonchev–Trinajstić information content (AvgIpc) is 2.89. The van der Waals surface area contributed by atoms with Crippen LogP contribution >= 0.6 is 11.3 Å². The Labute approximate surface area is 115 Å². The van der Waals surface area contributed by atoms with Gasteiger partial charge in [0.15, 0.2) is 11.6 Å². The third-order valence-corrected chi connectivity index (χ3v) is 4.37. The van der Waals surface area contributed by atoms with E-state index in [9.17, 15) is 8.78 Å². The summed E-state index contributed by atoms with van der Waals surface area (Å²) in [5, 5.41) is 0. The number of halogens is 2. The van der Waals surface area contributed by atoms with E-state index in [0.717, 1.165) is 17.4 Å². The highest BCUT2D eigenvalue weighted by atomic mass is 32.1. The molecule has 0 radical (unpaired) electrons. The second-order valence-corrected chi connectivity index (χ2v) is 5.49. The molecule has 0 amide bonds. The largest absolute Gasteiger partial charge is 0.271 e. The first-order chi connectivity index (χ1) is 9.15. The first-order valence-corrected chi connectivity index (χ1v) is 6.95. The maximum Gasteiger partial charge on any atom is 0.162 e. The predicted octanol–water partition coefficient (Wildman–Crippen LogP) is 3.34. The molecular formula is C14H16F2N2S. The molecule has 0 saturated heterocycles. The summed E-state index contributed by atoms with van der Waals surface area (Å²) in [5.74, 6) is 3.91. The lowest BCUT2D eigenvalue weighted by Gasteiger charge is -2.14. The third kappa shape index (κ3) is 3.18. The van der Waals surface area contributed by atoms with Crippen molar-refractivity contribution in [3.63, 3.8) is 0 Å². The number of hydrogen-bond acceptors (Lipinski definition) is 3. The van der Waals surface area contributed by atoms with Gasteiger partial charge in [-0.15, -0.1) is 11.3 Å². The lowest BCUT2D eigenvalue weighted by Crippen LogP contribution is -2.29. The highest BCUT2D eigenvalue weighted by Crippen LogP contribution is 2.27. The predicted molar refractivity (Wildman–Crippen MR) is 73.8 cm³/mol. The summed E-state index contributed by atoms with van der Waals surface area (Å²) in [6, 6.07) is 8.01. The molecule has 0 aliphatic carbocycles. The molecule has 102 valence electrons. The first kappa shape index (κ1) is 14.1. The van der Waals surface area contributed by atoms with E-state index in [1.165, 1.54) is 10.9 Å². The van der Waals surface area contributed by atoms with E-state index in [0.29, 0.717) is 12.0 Å². The standard InChI is InChI=1S/C14H16F2N2S/c1-2-10-6-7-13(19-10)12(18-17)8-9-4-3-5-11(15)14(9)16/h3-7,12,18H,2,8,17H2,1H3. The molecule has 19 heavy (non-hydrogen) atoms. The molecule has 2 rings (SSSR count). The number of nitrogens with one attached hydrogen (secondary N) is 1. The zero-order valence-corrected chi connectivity index (χ0v) is 11.4. The van der Waals surface area contributed by atoms with E-state index < -0.39 is 11.6 Å². The molecule has 1 atom stereocenters. The molecule has 2 aromatic rings. The summed E-state index contributed by atoms with van der Waals surface area (Å²) in [6.07, 6.45) is 1.28. The van der Waals surface area contributed by atoms with Crippen LogP contribution in [0.4, 0.5) is 8.78 Å². The summed E-state index contributed by atoms with van der Waals surface area (Å²) in [5.41, 5.74) is 3.00. The van der Waals surface area contributed by atoms with Gasteiger partial charge >= 0.3 is 0 Å². The van der Waals surface area contributed by atoms with Crippen molar-refractivity contribution in [1.29, 1.82) is 0 Å². The number of thiophene rings is 1. The fourth-order valence-corrected chi connectivity index (χ4v) is 2.95. The van der Waals surface area contributed by atoms with E-state index in [-0.39, 0.29) is 6.04 Å². The Kier molecular flexibility index (Phi) is 4.63. The van der Waals surface area contributed by atoms with Gasteiger partial charge in [-0.05, 0) is 36.6 Å². The van der Waals surface area contributed by atoms with Crippen LogP contribution in [-0.4, -0.2) is 0 Å². The smallest absolute Gasteiger partial charge is 0.162 e. The lowest BCUT2D eigenvalue weighted by atomic mass is 10.0. The number of hydrazine groups is 1. The summed E-state index contributed by atoms with van der Waals surface area (Å²) < 4.78 is 26.8. The van der Waals surface area contributed by atoms with Gasteiger partial charge in [-0.25, -0.2) is 8.78 Å². The summed E-state index contributed by atoms with van der Waals surface area (Å²) >= 11 is 1.64. The normalized spacial score (nSPS) is 12.6. The Balaban J connectivity index is 2.21. The van der Waals surface area contributed by atoms with Crippen LogP contribution in [0.1, 0.15) is 28.3 Å². The molecule has 1 unspecified atom stereocenters. The highest BCUT2D eigenvalue weighted by molar-refractivity contribution is 7.12. The van der Waals surface area contributed by atoms with Gasteiger partial charge in [-0.3, -0.25) is 11.3 Å². The van der Waals surface area contributed by atoms with Gasteiger partial charge < -0.3 is 0 Å². The van der Waals surface area contributed by atoms with Gasteiger partial charge in [0.05, 0.1) is 6.04 Å². The Morgan fingerprint density at radius 2 is 2.05 bits per heavy atom. The first-order valence-electron chi connectivity index (χ1n) is 6.13. The fourth-order valence-electron chi connectivity index (χ4n) is 1.94. The third-order valence-electron chi connectivity index (χ3n) is 3.03. The number of nitrogens with two attached hydrogens (primary N) is 1. The molecule has 0 fully saturated rings. The molecule has 2 nitrogen and oxygen atoms in total.